The van der Waals surface area contributed by atoms with E-state index in [9.17, 15) is 19.2 Å². The van der Waals surface area contributed by atoms with Gasteiger partial charge in [0.05, 0.1) is 11.4 Å². The van der Waals surface area contributed by atoms with Crippen LogP contribution in [0, 0.1) is 0 Å². The van der Waals surface area contributed by atoms with E-state index in [0.29, 0.717) is 17.8 Å². The normalized spacial score (nSPS) is 25.5. The molecular formula is C18H22N4O4. The highest BCUT2D eigenvalue weighted by molar-refractivity contribution is 6.11. The molecule has 1 aromatic carbocycles. The number of amides is 5. The molecule has 0 spiro atoms. The molecule has 138 valence electrons. The van der Waals surface area contributed by atoms with Crippen molar-refractivity contribution in [2.24, 2.45) is 0 Å². The van der Waals surface area contributed by atoms with Crippen molar-refractivity contribution in [1.82, 2.24) is 10.2 Å². The highest BCUT2D eigenvalue weighted by Crippen LogP contribution is 2.31. The minimum atomic E-state index is -0.989. The molecule has 1 fully saturated rings. The van der Waals surface area contributed by atoms with E-state index in [1.807, 2.05) is 0 Å². The second kappa shape index (κ2) is 6.44. The molecule has 0 radical (unpaired) electrons. The van der Waals surface area contributed by atoms with Crippen LogP contribution in [-0.2, 0) is 14.4 Å². The van der Waals surface area contributed by atoms with Crippen molar-refractivity contribution < 1.29 is 19.2 Å². The topological polar surface area (TPSA) is 98.8 Å². The van der Waals surface area contributed by atoms with Gasteiger partial charge in [-0.15, -0.1) is 0 Å². The Hall–Kier alpha value is -2.90. The van der Waals surface area contributed by atoms with Crippen LogP contribution in [0.4, 0.5) is 16.2 Å². The first-order chi connectivity index (χ1) is 12.3. The molecule has 2 heterocycles. The number of hydrogen-bond donors (Lipinski definition) is 2. The number of urea groups is 1. The standard InChI is InChI=1S/C18H22N4O4/c1-4-18(3)16(25)21(17(26)20-18)10-15(24)22-11(2)9-14(23)19-12-7-5-6-8-13(12)22/h5-8,11H,4,9-10H2,1-3H3,(H,19,23)(H,20,26)/t11-,18-/m1/s1. The lowest BCUT2D eigenvalue weighted by molar-refractivity contribution is -0.134. The van der Waals surface area contributed by atoms with E-state index in [1.54, 1.807) is 45.0 Å². The maximum Gasteiger partial charge on any atom is 0.325 e. The molecule has 3 rings (SSSR count). The molecule has 2 atom stereocenters. The molecule has 0 aromatic heterocycles. The first-order valence-electron chi connectivity index (χ1n) is 8.62. The molecular weight excluding hydrogens is 336 g/mol. The number of para-hydroxylation sites is 2. The number of carbonyl (C=O) groups excluding carboxylic acids is 4. The number of anilines is 2. The Kier molecular flexibility index (Phi) is 4.43. The van der Waals surface area contributed by atoms with Gasteiger partial charge in [0.15, 0.2) is 0 Å². The summed E-state index contributed by atoms with van der Waals surface area (Å²) >= 11 is 0. The number of hydrogen-bond acceptors (Lipinski definition) is 4. The monoisotopic (exact) mass is 358 g/mol. The van der Waals surface area contributed by atoms with E-state index in [4.69, 9.17) is 0 Å². The Morgan fingerprint density at radius 2 is 1.96 bits per heavy atom. The molecule has 1 aromatic rings. The summed E-state index contributed by atoms with van der Waals surface area (Å²) in [4.78, 5) is 52.2. The van der Waals surface area contributed by atoms with E-state index in [-0.39, 0.29) is 18.9 Å². The molecule has 2 aliphatic heterocycles. The summed E-state index contributed by atoms with van der Waals surface area (Å²) < 4.78 is 0. The second-order valence-corrected chi connectivity index (χ2v) is 6.89. The van der Waals surface area contributed by atoms with Crippen molar-refractivity contribution >= 4 is 35.1 Å². The zero-order valence-corrected chi connectivity index (χ0v) is 15.0. The van der Waals surface area contributed by atoms with Gasteiger partial charge in [-0.1, -0.05) is 19.1 Å². The van der Waals surface area contributed by atoms with Crippen molar-refractivity contribution in [1.29, 1.82) is 0 Å². The van der Waals surface area contributed by atoms with Crippen LogP contribution in [0.25, 0.3) is 0 Å². The van der Waals surface area contributed by atoms with Gasteiger partial charge in [0.25, 0.3) is 5.91 Å². The molecule has 0 unspecified atom stereocenters. The first kappa shape index (κ1) is 17.9. The summed E-state index contributed by atoms with van der Waals surface area (Å²) in [5, 5.41) is 5.42. The Labute approximate surface area is 151 Å². The SMILES string of the molecule is CC[C@@]1(C)NC(=O)N(CC(=O)N2c3ccccc3NC(=O)C[C@H]2C)C1=O. The van der Waals surface area contributed by atoms with Crippen LogP contribution in [0.2, 0.25) is 0 Å². The molecule has 5 amide bonds. The van der Waals surface area contributed by atoms with Crippen LogP contribution in [0.1, 0.15) is 33.6 Å². The number of nitrogens with zero attached hydrogens (tertiary/aromatic N) is 2. The zero-order valence-electron chi connectivity index (χ0n) is 15.0. The van der Waals surface area contributed by atoms with Gasteiger partial charge in [-0.25, -0.2) is 4.79 Å². The van der Waals surface area contributed by atoms with Gasteiger partial charge in [0, 0.05) is 12.5 Å². The lowest BCUT2D eigenvalue weighted by Gasteiger charge is -2.29. The average Bonchev–Trinajstić information content (AvgIpc) is 2.73. The summed E-state index contributed by atoms with van der Waals surface area (Å²) in [5.74, 6) is -1.01. The largest absolute Gasteiger partial charge is 0.325 e. The number of carbonyl (C=O) groups is 4. The fourth-order valence-electron chi connectivity index (χ4n) is 3.31. The van der Waals surface area contributed by atoms with E-state index in [0.717, 1.165) is 4.90 Å². The first-order valence-corrected chi connectivity index (χ1v) is 8.62. The molecule has 26 heavy (non-hydrogen) atoms. The minimum absolute atomic E-state index is 0.132. The minimum Gasteiger partial charge on any atom is -0.324 e. The van der Waals surface area contributed by atoms with Crippen molar-refractivity contribution in [3.05, 3.63) is 24.3 Å². The summed E-state index contributed by atoms with van der Waals surface area (Å²) in [6.45, 7) is 4.84. The van der Waals surface area contributed by atoms with Gasteiger partial charge in [-0.2, -0.15) is 0 Å². The smallest absolute Gasteiger partial charge is 0.324 e. The molecule has 1 saturated heterocycles. The third kappa shape index (κ3) is 2.91. The quantitative estimate of drug-likeness (QED) is 0.799. The number of fused-ring (bicyclic) bond motifs is 1. The van der Waals surface area contributed by atoms with E-state index in [1.165, 1.54) is 4.90 Å². The highest BCUT2D eigenvalue weighted by atomic mass is 16.2. The maximum atomic E-state index is 13.0. The molecule has 2 aliphatic rings. The maximum absolute atomic E-state index is 13.0. The van der Waals surface area contributed by atoms with E-state index < -0.39 is 29.4 Å². The third-order valence-electron chi connectivity index (χ3n) is 4.97. The molecule has 0 bridgehead atoms. The Morgan fingerprint density at radius 3 is 2.62 bits per heavy atom. The zero-order chi connectivity index (χ0) is 19.1. The predicted octanol–water partition coefficient (Wildman–Crippen LogP) is 1.47. The van der Waals surface area contributed by atoms with Crippen molar-refractivity contribution in [3.8, 4) is 0 Å². The van der Waals surface area contributed by atoms with E-state index in [2.05, 4.69) is 10.6 Å². The van der Waals surface area contributed by atoms with Crippen LogP contribution < -0.4 is 15.5 Å². The predicted molar refractivity (Wildman–Crippen MR) is 95.6 cm³/mol. The molecule has 0 saturated carbocycles. The second-order valence-electron chi connectivity index (χ2n) is 6.89. The fourth-order valence-corrected chi connectivity index (χ4v) is 3.31. The lowest BCUT2D eigenvalue weighted by Crippen LogP contribution is -2.48. The summed E-state index contributed by atoms with van der Waals surface area (Å²) in [6, 6.07) is 6.01. The average molecular weight is 358 g/mol. The summed E-state index contributed by atoms with van der Waals surface area (Å²) in [5.41, 5.74) is 0.101. The summed E-state index contributed by atoms with van der Waals surface area (Å²) in [7, 11) is 0. The number of nitrogens with one attached hydrogen (secondary N) is 2. The van der Waals surface area contributed by atoms with Crippen molar-refractivity contribution in [2.45, 2.75) is 45.2 Å². The third-order valence-corrected chi connectivity index (χ3v) is 4.97. The van der Waals surface area contributed by atoms with Gasteiger partial charge >= 0.3 is 6.03 Å². The highest BCUT2D eigenvalue weighted by Gasteiger charge is 2.47. The van der Waals surface area contributed by atoms with Crippen LogP contribution in [0.15, 0.2) is 24.3 Å². The lowest BCUT2D eigenvalue weighted by atomic mass is 9.99. The molecule has 8 nitrogen and oxygen atoms in total. The van der Waals surface area contributed by atoms with Gasteiger partial charge in [0.1, 0.15) is 12.1 Å². The Bertz CT molecular complexity index is 793. The number of rotatable bonds is 3. The number of imide groups is 1. The molecule has 2 N–H and O–H groups in total. The van der Waals surface area contributed by atoms with Crippen LogP contribution in [-0.4, -0.2) is 46.8 Å². The van der Waals surface area contributed by atoms with Crippen molar-refractivity contribution in [3.63, 3.8) is 0 Å². The fraction of sp³-hybridized carbons (Fsp3) is 0.444. The van der Waals surface area contributed by atoms with Gasteiger partial charge in [0.2, 0.25) is 11.8 Å². The van der Waals surface area contributed by atoms with Crippen LogP contribution in [0.3, 0.4) is 0 Å². The van der Waals surface area contributed by atoms with Crippen LogP contribution in [0.5, 0.6) is 0 Å². The van der Waals surface area contributed by atoms with E-state index >= 15 is 0 Å². The van der Waals surface area contributed by atoms with Crippen LogP contribution >= 0.6 is 0 Å². The summed E-state index contributed by atoms with van der Waals surface area (Å²) in [6.07, 6.45) is 0.566. The van der Waals surface area contributed by atoms with Gasteiger partial charge < -0.3 is 15.5 Å². The van der Waals surface area contributed by atoms with Gasteiger partial charge in [-0.3, -0.25) is 19.3 Å². The Morgan fingerprint density at radius 1 is 1.27 bits per heavy atom. The van der Waals surface area contributed by atoms with Gasteiger partial charge in [-0.05, 0) is 32.4 Å². The van der Waals surface area contributed by atoms with Crippen molar-refractivity contribution in [2.75, 3.05) is 16.8 Å². The Balaban J connectivity index is 1.89. The molecule has 8 heteroatoms. The number of benzene rings is 1. The molecule has 0 aliphatic carbocycles.